The molecule has 0 aromatic carbocycles. The molecule has 0 aromatic heterocycles. The number of rotatable bonds is 3. The summed E-state index contributed by atoms with van der Waals surface area (Å²) in [4.78, 5) is 2.18. The summed E-state index contributed by atoms with van der Waals surface area (Å²) < 4.78 is 5.21. The largest absolute Gasteiger partial charge is 0.361 e. The molecular formula is C9H13ClN2O. The van der Waals surface area contributed by atoms with E-state index < -0.39 is 0 Å². The van der Waals surface area contributed by atoms with Gasteiger partial charge in [-0.3, -0.25) is 4.90 Å². The molecule has 0 saturated carbocycles. The van der Waals surface area contributed by atoms with Crippen LogP contribution in [0.15, 0.2) is 12.2 Å². The second-order valence-corrected chi connectivity index (χ2v) is 3.18. The third-order valence-electron chi connectivity index (χ3n) is 1.91. The molecule has 13 heavy (non-hydrogen) atoms. The summed E-state index contributed by atoms with van der Waals surface area (Å²) in [7, 11) is 0. The fraction of sp³-hybridized carbons (Fsp3) is 0.667. The van der Waals surface area contributed by atoms with Gasteiger partial charge in [-0.2, -0.15) is 5.26 Å². The standard InChI is InChI=1S/C9H13ClN2O/c10-3-1-2-4-12-5-6-13-9(7-11)8-12/h1-2,9H,3-6,8H2. The van der Waals surface area contributed by atoms with E-state index in [1.54, 1.807) is 0 Å². The van der Waals surface area contributed by atoms with Crippen molar-refractivity contribution in [1.82, 2.24) is 4.90 Å². The first-order valence-electron chi connectivity index (χ1n) is 4.31. The highest BCUT2D eigenvalue weighted by molar-refractivity contribution is 6.18. The van der Waals surface area contributed by atoms with E-state index >= 15 is 0 Å². The van der Waals surface area contributed by atoms with E-state index in [4.69, 9.17) is 21.6 Å². The highest BCUT2D eigenvalue weighted by Gasteiger charge is 2.18. The first-order chi connectivity index (χ1) is 6.36. The minimum Gasteiger partial charge on any atom is -0.361 e. The predicted molar refractivity (Wildman–Crippen MR) is 51.7 cm³/mol. The zero-order valence-corrected chi connectivity index (χ0v) is 8.20. The van der Waals surface area contributed by atoms with Crippen molar-refractivity contribution in [2.45, 2.75) is 6.10 Å². The van der Waals surface area contributed by atoms with Crippen molar-refractivity contribution in [2.75, 3.05) is 32.1 Å². The fourth-order valence-electron chi connectivity index (χ4n) is 1.23. The van der Waals surface area contributed by atoms with Gasteiger partial charge >= 0.3 is 0 Å². The van der Waals surface area contributed by atoms with E-state index in [0.29, 0.717) is 19.0 Å². The van der Waals surface area contributed by atoms with E-state index in [-0.39, 0.29) is 6.10 Å². The predicted octanol–water partition coefficient (Wildman–Crippen LogP) is 1.01. The van der Waals surface area contributed by atoms with Crippen LogP contribution in [0.5, 0.6) is 0 Å². The van der Waals surface area contributed by atoms with Crippen LogP contribution in [0, 0.1) is 11.3 Å². The monoisotopic (exact) mass is 200 g/mol. The van der Waals surface area contributed by atoms with Crippen LogP contribution in [0.4, 0.5) is 0 Å². The summed E-state index contributed by atoms with van der Waals surface area (Å²) in [5.74, 6) is 0.548. The Kier molecular flexibility index (Phi) is 4.84. The molecule has 0 bridgehead atoms. The van der Waals surface area contributed by atoms with E-state index in [9.17, 15) is 0 Å². The minimum atomic E-state index is -0.266. The van der Waals surface area contributed by atoms with Crippen LogP contribution >= 0.6 is 11.6 Å². The van der Waals surface area contributed by atoms with E-state index in [1.807, 2.05) is 12.2 Å². The lowest BCUT2D eigenvalue weighted by Gasteiger charge is -2.28. The van der Waals surface area contributed by atoms with Crippen molar-refractivity contribution in [3.8, 4) is 6.07 Å². The molecule has 3 nitrogen and oxygen atoms in total. The number of halogens is 1. The Hall–Kier alpha value is -0.560. The van der Waals surface area contributed by atoms with E-state index in [2.05, 4.69) is 11.0 Å². The summed E-state index contributed by atoms with van der Waals surface area (Å²) in [6, 6.07) is 2.11. The molecule has 0 aliphatic carbocycles. The van der Waals surface area contributed by atoms with Crippen molar-refractivity contribution in [3.05, 3.63) is 12.2 Å². The molecule has 0 aromatic rings. The van der Waals surface area contributed by atoms with Gasteiger partial charge in [-0.1, -0.05) is 12.2 Å². The van der Waals surface area contributed by atoms with E-state index in [0.717, 1.165) is 13.1 Å². The number of hydrogen-bond donors (Lipinski definition) is 0. The second-order valence-electron chi connectivity index (χ2n) is 2.87. The van der Waals surface area contributed by atoms with Crippen LogP contribution in [0.1, 0.15) is 0 Å². The number of morpholine rings is 1. The molecule has 1 fully saturated rings. The van der Waals surface area contributed by atoms with Crippen LogP contribution in [0.2, 0.25) is 0 Å². The topological polar surface area (TPSA) is 36.3 Å². The van der Waals surface area contributed by atoms with Gasteiger partial charge in [-0.15, -0.1) is 11.6 Å². The number of hydrogen-bond acceptors (Lipinski definition) is 3. The molecule has 0 radical (unpaired) electrons. The SMILES string of the molecule is N#CC1CN(CC=CCCl)CCO1. The highest BCUT2D eigenvalue weighted by atomic mass is 35.5. The average molecular weight is 201 g/mol. The van der Waals surface area contributed by atoms with Crippen LogP contribution in [-0.2, 0) is 4.74 Å². The van der Waals surface area contributed by atoms with Gasteiger partial charge in [0.25, 0.3) is 0 Å². The lowest BCUT2D eigenvalue weighted by molar-refractivity contribution is 0.00515. The van der Waals surface area contributed by atoms with Crippen LogP contribution in [-0.4, -0.2) is 43.1 Å². The zero-order chi connectivity index (χ0) is 9.52. The lowest BCUT2D eigenvalue weighted by atomic mass is 10.3. The third kappa shape index (κ3) is 3.77. The zero-order valence-electron chi connectivity index (χ0n) is 7.45. The summed E-state index contributed by atoms with van der Waals surface area (Å²) in [6.07, 6.45) is 3.67. The van der Waals surface area contributed by atoms with Crippen molar-refractivity contribution in [1.29, 1.82) is 5.26 Å². The fourth-order valence-corrected chi connectivity index (χ4v) is 1.36. The van der Waals surface area contributed by atoms with Gasteiger partial charge in [0.1, 0.15) is 0 Å². The summed E-state index contributed by atoms with van der Waals surface area (Å²) >= 11 is 5.49. The van der Waals surface area contributed by atoms with Crippen molar-refractivity contribution >= 4 is 11.6 Å². The molecule has 0 spiro atoms. The average Bonchev–Trinajstić information content (AvgIpc) is 2.19. The molecular weight excluding hydrogens is 188 g/mol. The quantitative estimate of drug-likeness (QED) is 0.504. The molecule has 72 valence electrons. The first kappa shape index (κ1) is 10.5. The van der Waals surface area contributed by atoms with Gasteiger partial charge in [0.15, 0.2) is 6.10 Å². The van der Waals surface area contributed by atoms with Crippen molar-refractivity contribution in [2.24, 2.45) is 0 Å². The normalized spacial score (nSPS) is 24.8. The molecule has 1 atom stereocenters. The molecule has 1 rings (SSSR count). The maximum absolute atomic E-state index is 8.64. The van der Waals surface area contributed by atoms with Crippen molar-refractivity contribution in [3.63, 3.8) is 0 Å². The van der Waals surface area contributed by atoms with Gasteiger partial charge in [-0.25, -0.2) is 0 Å². The summed E-state index contributed by atoms with van der Waals surface area (Å²) in [6.45, 7) is 3.09. The highest BCUT2D eigenvalue weighted by Crippen LogP contribution is 2.03. The first-order valence-corrected chi connectivity index (χ1v) is 4.85. The Balaban J connectivity index is 2.26. The van der Waals surface area contributed by atoms with Gasteiger partial charge < -0.3 is 4.74 Å². The van der Waals surface area contributed by atoms with Gasteiger partial charge in [0, 0.05) is 25.5 Å². The van der Waals surface area contributed by atoms with Gasteiger partial charge in [0.05, 0.1) is 12.7 Å². The number of ether oxygens (including phenoxy) is 1. The molecule has 1 heterocycles. The maximum atomic E-state index is 8.64. The minimum absolute atomic E-state index is 0.266. The lowest BCUT2D eigenvalue weighted by Crippen LogP contribution is -2.41. The van der Waals surface area contributed by atoms with Crippen LogP contribution < -0.4 is 0 Å². The van der Waals surface area contributed by atoms with E-state index in [1.165, 1.54) is 0 Å². The van der Waals surface area contributed by atoms with Gasteiger partial charge in [-0.05, 0) is 0 Å². The molecule has 0 N–H and O–H groups in total. The number of allylic oxidation sites excluding steroid dienone is 1. The maximum Gasteiger partial charge on any atom is 0.156 e. The Morgan fingerprint density at radius 2 is 2.46 bits per heavy atom. The van der Waals surface area contributed by atoms with Crippen molar-refractivity contribution < 1.29 is 4.74 Å². The molecule has 1 saturated heterocycles. The number of alkyl halides is 1. The van der Waals surface area contributed by atoms with Crippen LogP contribution in [0.3, 0.4) is 0 Å². The summed E-state index contributed by atoms with van der Waals surface area (Å²) in [5.41, 5.74) is 0. The summed E-state index contributed by atoms with van der Waals surface area (Å²) in [5, 5.41) is 8.64. The number of nitrogens with zero attached hydrogens (tertiary/aromatic N) is 2. The van der Waals surface area contributed by atoms with Gasteiger partial charge in [0.2, 0.25) is 0 Å². The second kappa shape index (κ2) is 5.98. The number of nitriles is 1. The smallest absolute Gasteiger partial charge is 0.156 e. The Morgan fingerprint density at radius 1 is 1.62 bits per heavy atom. The Bertz CT molecular complexity index is 212. The Morgan fingerprint density at radius 3 is 3.15 bits per heavy atom. The molecule has 1 aliphatic rings. The molecule has 1 aliphatic heterocycles. The molecule has 4 heteroatoms. The molecule has 1 unspecified atom stereocenters. The third-order valence-corrected chi connectivity index (χ3v) is 2.09. The molecule has 0 amide bonds. The van der Waals surface area contributed by atoms with Crippen LogP contribution in [0.25, 0.3) is 0 Å². The Labute approximate surface area is 83.5 Å².